The monoisotopic (exact) mass is 225 g/mol. The SMILES string of the molecule is Cc1cnc2cc3c(cc2n1)C1CCNC3C1. The van der Waals surface area contributed by atoms with Crippen molar-refractivity contribution in [2.24, 2.45) is 0 Å². The molecule has 2 unspecified atom stereocenters. The number of fused-ring (bicyclic) bond motifs is 6. The summed E-state index contributed by atoms with van der Waals surface area (Å²) in [6.45, 7) is 3.14. The Hall–Kier alpha value is -1.48. The van der Waals surface area contributed by atoms with Crippen LogP contribution in [0.25, 0.3) is 11.0 Å². The first-order chi connectivity index (χ1) is 8.31. The van der Waals surface area contributed by atoms with Crippen LogP contribution >= 0.6 is 0 Å². The number of piperidine rings is 1. The maximum atomic E-state index is 4.58. The first-order valence-electron chi connectivity index (χ1n) is 6.32. The summed E-state index contributed by atoms with van der Waals surface area (Å²) in [6, 6.07) is 5.05. The number of aromatic nitrogens is 2. The lowest BCUT2D eigenvalue weighted by Crippen LogP contribution is -2.24. The van der Waals surface area contributed by atoms with Crippen molar-refractivity contribution in [3.63, 3.8) is 0 Å². The average molecular weight is 225 g/mol. The van der Waals surface area contributed by atoms with Crippen molar-refractivity contribution in [1.29, 1.82) is 0 Å². The third-order valence-electron chi connectivity index (χ3n) is 4.09. The Morgan fingerprint density at radius 1 is 1.24 bits per heavy atom. The first-order valence-corrected chi connectivity index (χ1v) is 6.32. The van der Waals surface area contributed by atoms with Gasteiger partial charge in [0.05, 0.1) is 16.7 Å². The maximum absolute atomic E-state index is 4.58. The van der Waals surface area contributed by atoms with E-state index in [9.17, 15) is 0 Å². The summed E-state index contributed by atoms with van der Waals surface area (Å²) in [5, 5.41) is 3.59. The van der Waals surface area contributed by atoms with Gasteiger partial charge in [0.25, 0.3) is 0 Å². The van der Waals surface area contributed by atoms with Crippen LogP contribution in [0.3, 0.4) is 0 Å². The van der Waals surface area contributed by atoms with E-state index in [0.29, 0.717) is 6.04 Å². The molecule has 0 radical (unpaired) electrons. The number of nitrogens with zero attached hydrogens (tertiary/aromatic N) is 2. The molecule has 3 heteroatoms. The van der Waals surface area contributed by atoms with Crippen LogP contribution < -0.4 is 5.32 Å². The largest absolute Gasteiger partial charge is 0.310 e. The van der Waals surface area contributed by atoms with Crippen LogP contribution in [-0.2, 0) is 0 Å². The highest BCUT2D eigenvalue weighted by atomic mass is 14.9. The second-order valence-corrected chi connectivity index (χ2v) is 5.21. The number of nitrogens with one attached hydrogen (secondary N) is 1. The van der Waals surface area contributed by atoms with Crippen molar-refractivity contribution in [2.75, 3.05) is 6.54 Å². The van der Waals surface area contributed by atoms with Crippen molar-refractivity contribution >= 4 is 11.0 Å². The molecule has 4 rings (SSSR count). The molecular formula is C14H15N3. The van der Waals surface area contributed by atoms with Crippen LogP contribution in [-0.4, -0.2) is 16.5 Å². The Kier molecular flexibility index (Phi) is 1.83. The van der Waals surface area contributed by atoms with E-state index in [1.165, 1.54) is 24.0 Å². The molecule has 1 aromatic carbocycles. The third kappa shape index (κ3) is 1.32. The smallest absolute Gasteiger partial charge is 0.0893 e. The molecule has 17 heavy (non-hydrogen) atoms. The zero-order chi connectivity index (χ0) is 11.4. The molecule has 2 heterocycles. The van der Waals surface area contributed by atoms with Gasteiger partial charge in [-0.15, -0.1) is 0 Å². The van der Waals surface area contributed by atoms with Gasteiger partial charge in [-0.3, -0.25) is 4.98 Å². The molecule has 0 spiro atoms. The van der Waals surface area contributed by atoms with Crippen LogP contribution in [0, 0.1) is 6.92 Å². The molecule has 1 aliphatic carbocycles. The molecule has 86 valence electrons. The van der Waals surface area contributed by atoms with E-state index in [0.717, 1.165) is 29.2 Å². The van der Waals surface area contributed by atoms with Gasteiger partial charge in [-0.25, -0.2) is 4.98 Å². The lowest BCUT2D eigenvalue weighted by atomic mass is 9.96. The number of benzene rings is 1. The molecule has 1 saturated heterocycles. The second-order valence-electron chi connectivity index (χ2n) is 5.21. The predicted molar refractivity (Wildman–Crippen MR) is 67.0 cm³/mol. The number of rotatable bonds is 0. The molecule has 2 aromatic rings. The summed E-state index contributed by atoms with van der Waals surface area (Å²) in [5.74, 6) is 0.739. The summed E-state index contributed by atoms with van der Waals surface area (Å²) in [7, 11) is 0. The van der Waals surface area contributed by atoms with E-state index in [4.69, 9.17) is 0 Å². The fourth-order valence-electron chi connectivity index (χ4n) is 3.28. The van der Waals surface area contributed by atoms with E-state index in [2.05, 4.69) is 27.4 Å². The van der Waals surface area contributed by atoms with Crippen molar-refractivity contribution in [3.8, 4) is 0 Å². The fourth-order valence-corrected chi connectivity index (χ4v) is 3.28. The molecule has 2 bridgehead atoms. The van der Waals surface area contributed by atoms with Crippen molar-refractivity contribution in [2.45, 2.75) is 31.7 Å². The Morgan fingerprint density at radius 2 is 2.12 bits per heavy atom. The van der Waals surface area contributed by atoms with Crippen LogP contribution in [0.1, 0.15) is 41.6 Å². The van der Waals surface area contributed by atoms with E-state index in [1.807, 2.05) is 13.1 Å². The minimum Gasteiger partial charge on any atom is -0.310 e. The van der Waals surface area contributed by atoms with Crippen LogP contribution in [0.15, 0.2) is 18.3 Å². The molecule has 1 fully saturated rings. The van der Waals surface area contributed by atoms with Crippen LogP contribution in [0.5, 0.6) is 0 Å². The minimum atomic E-state index is 0.552. The molecule has 2 atom stereocenters. The molecule has 1 N–H and O–H groups in total. The van der Waals surface area contributed by atoms with Gasteiger partial charge in [0.1, 0.15) is 0 Å². The molecule has 1 aromatic heterocycles. The zero-order valence-electron chi connectivity index (χ0n) is 9.90. The molecular weight excluding hydrogens is 210 g/mol. The van der Waals surface area contributed by atoms with Gasteiger partial charge in [0, 0.05) is 12.2 Å². The Labute approximate surface area is 100 Å². The predicted octanol–water partition coefficient (Wildman–Crippen LogP) is 2.46. The molecule has 2 aliphatic rings. The Morgan fingerprint density at radius 3 is 3.06 bits per heavy atom. The molecule has 3 nitrogen and oxygen atoms in total. The number of hydrogen-bond acceptors (Lipinski definition) is 3. The summed E-state index contributed by atoms with van der Waals surface area (Å²) in [4.78, 5) is 9.07. The van der Waals surface area contributed by atoms with Crippen LogP contribution in [0.4, 0.5) is 0 Å². The third-order valence-corrected chi connectivity index (χ3v) is 4.09. The van der Waals surface area contributed by atoms with Crippen molar-refractivity contribution < 1.29 is 0 Å². The van der Waals surface area contributed by atoms with Crippen LogP contribution in [0.2, 0.25) is 0 Å². The summed E-state index contributed by atoms with van der Waals surface area (Å²) >= 11 is 0. The topological polar surface area (TPSA) is 37.8 Å². The maximum Gasteiger partial charge on any atom is 0.0893 e. The fraction of sp³-hybridized carbons (Fsp3) is 0.429. The highest BCUT2D eigenvalue weighted by Gasteiger charge is 2.34. The molecule has 0 saturated carbocycles. The van der Waals surface area contributed by atoms with Gasteiger partial charge in [0.2, 0.25) is 0 Å². The number of hydrogen-bond donors (Lipinski definition) is 1. The van der Waals surface area contributed by atoms with Gasteiger partial charge in [0.15, 0.2) is 0 Å². The summed E-state index contributed by atoms with van der Waals surface area (Å²) in [5.41, 5.74) is 6.04. The van der Waals surface area contributed by atoms with Gasteiger partial charge in [-0.2, -0.15) is 0 Å². The summed E-state index contributed by atoms with van der Waals surface area (Å²) < 4.78 is 0. The second kappa shape index (κ2) is 3.26. The standard InChI is InChI=1S/C14H15N3/c1-8-7-16-13-6-11-10(5-14(13)17-8)9-2-3-15-12(11)4-9/h5-7,9,12,15H,2-4H2,1H3. The average Bonchev–Trinajstić information content (AvgIpc) is 2.59. The summed E-state index contributed by atoms with van der Waals surface area (Å²) in [6.07, 6.45) is 4.36. The molecule has 1 aliphatic heterocycles. The van der Waals surface area contributed by atoms with E-state index < -0.39 is 0 Å². The quantitative estimate of drug-likeness (QED) is 0.748. The minimum absolute atomic E-state index is 0.552. The lowest BCUT2D eigenvalue weighted by molar-refractivity contribution is 0.410. The first kappa shape index (κ1) is 9.54. The number of aryl methyl sites for hydroxylation is 1. The highest BCUT2D eigenvalue weighted by molar-refractivity contribution is 5.77. The van der Waals surface area contributed by atoms with E-state index in [-0.39, 0.29) is 0 Å². The van der Waals surface area contributed by atoms with Crippen molar-refractivity contribution in [3.05, 3.63) is 35.2 Å². The molecule has 0 amide bonds. The van der Waals surface area contributed by atoms with Gasteiger partial charge in [-0.1, -0.05) is 0 Å². The highest BCUT2D eigenvalue weighted by Crippen LogP contribution is 2.45. The Bertz CT molecular complexity index is 606. The Balaban J connectivity index is 1.99. The van der Waals surface area contributed by atoms with Crippen molar-refractivity contribution in [1.82, 2.24) is 15.3 Å². The van der Waals surface area contributed by atoms with Gasteiger partial charge in [-0.05, 0) is 55.5 Å². The lowest BCUT2D eigenvalue weighted by Gasteiger charge is -2.20. The zero-order valence-corrected chi connectivity index (χ0v) is 9.90. The van der Waals surface area contributed by atoms with Gasteiger partial charge < -0.3 is 5.32 Å². The normalized spacial score (nSPS) is 26.2. The van der Waals surface area contributed by atoms with E-state index >= 15 is 0 Å². The van der Waals surface area contributed by atoms with Gasteiger partial charge >= 0.3 is 0 Å². The van der Waals surface area contributed by atoms with E-state index in [1.54, 1.807) is 0 Å².